The minimum absolute atomic E-state index is 0.0737. The van der Waals surface area contributed by atoms with E-state index >= 15 is 0 Å². The SMILES string of the molecule is CC.CC.CCC.CN.N=C(N)c1ccc(-c2ccc(-n3c4ccccc4c4cc5c(cc43)C(c3ccccc3)(c3ccccc3)C(c3ccccc3)=N5)cc2)cc1.c1ccc(Cc2ccccc2)cc1. The molecule has 0 spiro atoms. The summed E-state index contributed by atoms with van der Waals surface area (Å²) >= 11 is 0. The summed E-state index contributed by atoms with van der Waals surface area (Å²) in [5.74, 6) is 0.0737. The number of nitrogens with one attached hydrogen (secondary N) is 1. The molecule has 5 heteroatoms. The number of amidine groups is 1. The molecule has 0 saturated carbocycles. The van der Waals surface area contributed by atoms with Crippen molar-refractivity contribution in [1.82, 2.24) is 4.57 Å². The number of para-hydroxylation sites is 1. The van der Waals surface area contributed by atoms with Gasteiger partial charge in [-0.1, -0.05) is 254 Å². The summed E-state index contributed by atoms with van der Waals surface area (Å²) in [6.45, 7) is 12.2. The minimum Gasteiger partial charge on any atom is -0.384 e. The number of aliphatic imine (C=N–C) groups is 1. The molecule has 0 unspecified atom stereocenters. The molecule has 0 fully saturated rings. The van der Waals surface area contributed by atoms with Gasteiger partial charge in [0.05, 0.1) is 27.8 Å². The second-order valence-electron chi connectivity index (χ2n) is 16.4. The van der Waals surface area contributed by atoms with Crippen molar-refractivity contribution < 1.29 is 0 Å². The van der Waals surface area contributed by atoms with Crippen molar-refractivity contribution in [3.63, 3.8) is 0 Å². The summed E-state index contributed by atoms with van der Waals surface area (Å²) in [4.78, 5) is 5.52. The maximum atomic E-state index is 7.74. The molecule has 5 N–H and O–H groups in total. The Bertz CT molecular complexity index is 3120. The highest BCUT2D eigenvalue weighted by Crippen LogP contribution is 2.53. The fourth-order valence-corrected chi connectivity index (χ4v) is 9.08. The van der Waals surface area contributed by atoms with Crippen LogP contribution < -0.4 is 11.5 Å². The highest BCUT2D eigenvalue weighted by molar-refractivity contribution is 6.19. The third-order valence-electron chi connectivity index (χ3n) is 12.0. The lowest BCUT2D eigenvalue weighted by Crippen LogP contribution is -2.36. The topological polar surface area (TPSA) is 93.2 Å². The van der Waals surface area contributed by atoms with E-state index in [2.05, 4.69) is 236 Å². The van der Waals surface area contributed by atoms with Gasteiger partial charge in [0.25, 0.3) is 0 Å². The van der Waals surface area contributed by atoms with E-state index in [0.29, 0.717) is 0 Å². The van der Waals surface area contributed by atoms with Crippen molar-refractivity contribution >= 4 is 39.0 Å². The van der Waals surface area contributed by atoms with E-state index in [1.54, 1.807) is 0 Å². The third-order valence-corrected chi connectivity index (χ3v) is 12.0. The van der Waals surface area contributed by atoms with E-state index in [9.17, 15) is 0 Å². The van der Waals surface area contributed by atoms with Crippen molar-refractivity contribution in [2.24, 2.45) is 16.5 Å². The van der Waals surface area contributed by atoms with E-state index in [0.717, 1.165) is 56.8 Å². The van der Waals surface area contributed by atoms with E-state index in [-0.39, 0.29) is 5.84 Å². The summed E-state index contributed by atoms with van der Waals surface area (Å²) in [5.41, 5.74) is 25.3. The van der Waals surface area contributed by atoms with Crippen LogP contribution in [0.4, 0.5) is 5.69 Å². The molecule has 9 aromatic carbocycles. The molecular weight excluding hydrogens is 863 g/mol. The van der Waals surface area contributed by atoms with Crippen molar-refractivity contribution in [2.75, 3.05) is 7.05 Å². The predicted molar refractivity (Wildman–Crippen MR) is 307 cm³/mol. The molecular formula is C66H69N5. The Balaban J connectivity index is 0.000000315. The number of nitrogen functional groups attached to an aromatic ring is 1. The van der Waals surface area contributed by atoms with Gasteiger partial charge in [-0.2, -0.15) is 0 Å². The van der Waals surface area contributed by atoms with Gasteiger partial charge >= 0.3 is 0 Å². The van der Waals surface area contributed by atoms with Gasteiger partial charge in [-0.05, 0) is 82.7 Å². The average Bonchev–Trinajstić information content (AvgIpc) is 3.96. The summed E-state index contributed by atoms with van der Waals surface area (Å²) in [6.07, 6.45) is 2.28. The minimum atomic E-state index is -0.620. The fourth-order valence-electron chi connectivity index (χ4n) is 9.08. The number of nitrogens with two attached hydrogens (primary N) is 2. The maximum Gasteiger partial charge on any atom is 0.122 e. The lowest BCUT2D eigenvalue weighted by atomic mass is 9.65. The first kappa shape index (κ1) is 52.3. The van der Waals surface area contributed by atoms with Crippen molar-refractivity contribution in [1.29, 1.82) is 5.41 Å². The van der Waals surface area contributed by atoms with Gasteiger partial charge in [0, 0.05) is 27.6 Å². The number of nitrogens with zero attached hydrogens (tertiary/aromatic N) is 2. The van der Waals surface area contributed by atoms with Crippen LogP contribution in [0.5, 0.6) is 0 Å². The second kappa shape index (κ2) is 26.0. The molecule has 0 amide bonds. The van der Waals surface area contributed by atoms with Crippen LogP contribution in [-0.2, 0) is 11.8 Å². The molecule has 11 rings (SSSR count). The molecule has 0 bridgehead atoms. The lowest BCUT2D eigenvalue weighted by Gasteiger charge is -2.34. The number of aromatic nitrogens is 1. The van der Waals surface area contributed by atoms with Crippen LogP contribution >= 0.6 is 0 Å². The van der Waals surface area contributed by atoms with Gasteiger partial charge < -0.3 is 16.0 Å². The van der Waals surface area contributed by atoms with Crippen LogP contribution in [0.25, 0.3) is 38.6 Å². The maximum absolute atomic E-state index is 7.74. The zero-order chi connectivity index (χ0) is 50.6. The lowest BCUT2D eigenvalue weighted by molar-refractivity contribution is 0.851. The molecule has 2 heterocycles. The Labute approximate surface area is 422 Å². The van der Waals surface area contributed by atoms with Crippen molar-refractivity contribution in [2.45, 2.75) is 59.8 Å². The zero-order valence-electron chi connectivity index (χ0n) is 42.5. The number of benzene rings is 9. The first-order chi connectivity index (χ1) is 35.0. The molecule has 0 atom stereocenters. The number of fused-ring (bicyclic) bond motifs is 4. The average molecular weight is 932 g/mol. The standard InChI is InChI=1S/C45H32N4.C13H12.C3H8.2C2H6.CH5N/c46-44(47)33-22-20-30(21-23-33)31-24-26-36(27-25-31)49-41-19-11-10-18-37(41)38-28-40-39(29-42(38)49)45(34-14-6-2-7-15-34,35-16-8-3-9-17-35)43(48-40)32-12-4-1-5-13-32;1-3-7-12(8-4-1)11-13-9-5-2-6-10-13;1-3-2;3*1-2/h1-29H,(H3,46,47);1-10H,11H2;3H2,1-2H3;2*1-2H3;2H2,1H3. The summed E-state index contributed by atoms with van der Waals surface area (Å²) in [6, 6.07) is 83.2. The predicted octanol–water partition coefficient (Wildman–Crippen LogP) is 16.5. The van der Waals surface area contributed by atoms with Crippen LogP contribution in [0.15, 0.2) is 242 Å². The van der Waals surface area contributed by atoms with Crippen LogP contribution in [0.3, 0.4) is 0 Å². The fraction of sp³-hybridized carbons (Fsp3) is 0.152. The zero-order valence-corrected chi connectivity index (χ0v) is 42.5. The van der Waals surface area contributed by atoms with Crippen LogP contribution in [0.1, 0.15) is 86.9 Å². The van der Waals surface area contributed by atoms with Gasteiger partial charge in [0.2, 0.25) is 0 Å². The Hall–Kier alpha value is -8.12. The summed E-state index contributed by atoms with van der Waals surface area (Å²) in [5, 5.41) is 10.1. The number of rotatable bonds is 8. The molecule has 71 heavy (non-hydrogen) atoms. The smallest absolute Gasteiger partial charge is 0.122 e. The van der Waals surface area contributed by atoms with E-state index in [1.165, 1.54) is 52.1 Å². The van der Waals surface area contributed by atoms with Crippen molar-refractivity contribution in [3.05, 3.63) is 276 Å². The Kier molecular flexibility index (Phi) is 19.2. The van der Waals surface area contributed by atoms with Crippen molar-refractivity contribution in [3.8, 4) is 16.8 Å². The molecule has 1 aliphatic heterocycles. The summed E-state index contributed by atoms with van der Waals surface area (Å²) < 4.78 is 2.38. The molecule has 1 aromatic heterocycles. The Morgan fingerprint density at radius 1 is 0.479 bits per heavy atom. The van der Waals surface area contributed by atoms with E-state index in [1.807, 2.05) is 52.0 Å². The molecule has 0 aliphatic carbocycles. The number of hydrogen-bond acceptors (Lipinski definition) is 3. The Morgan fingerprint density at radius 3 is 1.38 bits per heavy atom. The first-order valence-corrected chi connectivity index (χ1v) is 25.0. The molecule has 0 radical (unpaired) electrons. The second-order valence-corrected chi connectivity index (χ2v) is 16.4. The molecule has 358 valence electrons. The monoisotopic (exact) mass is 932 g/mol. The highest BCUT2D eigenvalue weighted by Gasteiger charge is 2.47. The van der Waals surface area contributed by atoms with Gasteiger partial charge in [-0.15, -0.1) is 0 Å². The molecule has 0 saturated heterocycles. The van der Waals surface area contributed by atoms with E-state index in [4.69, 9.17) is 16.1 Å². The normalized spacial score (nSPS) is 11.5. The highest BCUT2D eigenvalue weighted by atomic mass is 15.0. The van der Waals surface area contributed by atoms with Crippen LogP contribution in [0.2, 0.25) is 0 Å². The van der Waals surface area contributed by atoms with Gasteiger partial charge in [-0.3, -0.25) is 10.4 Å². The van der Waals surface area contributed by atoms with Crippen LogP contribution in [-0.4, -0.2) is 23.2 Å². The largest absolute Gasteiger partial charge is 0.384 e. The molecule has 1 aliphatic rings. The third kappa shape index (κ3) is 11.5. The van der Waals surface area contributed by atoms with E-state index < -0.39 is 5.41 Å². The van der Waals surface area contributed by atoms with Gasteiger partial charge in [0.15, 0.2) is 0 Å². The number of hydrogen-bond donors (Lipinski definition) is 3. The van der Waals surface area contributed by atoms with Gasteiger partial charge in [0.1, 0.15) is 5.84 Å². The first-order valence-electron chi connectivity index (χ1n) is 25.0. The van der Waals surface area contributed by atoms with Gasteiger partial charge in [-0.25, -0.2) is 0 Å². The molecule has 10 aromatic rings. The summed E-state index contributed by atoms with van der Waals surface area (Å²) in [7, 11) is 1.50. The Morgan fingerprint density at radius 2 is 0.901 bits per heavy atom. The van der Waals surface area contributed by atoms with Crippen LogP contribution in [0, 0.1) is 5.41 Å². The molecule has 5 nitrogen and oxygen atoms in total. The quantitative estimate of drug-likeness (QED) is 0.105.